The molecule has 1 unspecified atom stereocenters. The molecule has 5 heteroatoms. The van der Waals surface area contributed by atoms with Gasteiger partial charge in [-0.25, -0.2) is 0 Å². The Morgan fingerprint density at radius 3 is 2.26 bits per heavy atom. The Morgan fingerprint density at radius 1 is 1.21 bits per heavy atom. The van der Waals surface area contributed by atoms with Crippen molar-refractivity contribution in [2.45, 2.75) is 57.3 Å². The fourth-order valence-corrected chi connectivity index (χ4v) is 3.21. The maximum Gasteiger partial charge on any atom is 0.311 e. The topological polar surface area (TPSA) is 65.0 Å². The average Bonchev–Trinajstić information content (AvgIpc) is 2.84. The summed E-state index contributed by atoms with van der Waals surface area (Å²) >= 11 is 0. The van der Waals surface area contributed by atoms with Crippen molar-refractivity contribution in [3.8, 4) is 0 Å². The van der Waals surface area contributed by atoms with Gasteiger partial charge >= 0.3 is 5.97 Å². The molecule has 2 rings (SSSR count). The van der Waals surface area contributed by atoms with E-state index in [4.69, 9.17) is 14.2 Å². The number of hydrogen-bond acceptors (Lipinski definition) is 5. The first kappa shape index (κ1) is 14.8. The Hall–Kier alpha value is -0.650. The molecule has 0 aromatic carbocycles. The lowest BCUT2D eigenvalue weighted by Crippen LogP contribution is -2.50. The zero-order chi connectivity index (χ0) is 13.9. The predicted octanol–water partition coefficient (Wildman–Crippen LogP) is 1.62. The van der Waals surface area contributed by atoms with E-state index < -0.39 is 17.3 Å². The Morgan fingerprint density at radius 2 is 1.79 bits per heavy atom. The third kappa shape index (κ3) is 2.93. The molecule has 0 bridgehead atoms. The molecule has 0 aromatic rings. The van der Waals surface area contributed by atoms with E-state index in [0.717, 1.165) is 0 Å². The number of rotatable bonds is 4. The van der Waals surface area contributed by atoms with E-state index in [0.29, 0.717) is 51.9 Å². The molecule has 2 fully saturated rings. The lowest BCUT2D eigenvalue weighted by molar-refractivity contribution is -0.214. The number of hydrogen-bond donors (Lipinski definition) is 1. The minimum Gasteiger partial charge on any atom is -0.466 e. The van der Waals surface area contributed by atoms with Crippen LogP contribution in [0.1, 0.15) is 46.0 Å². The van der Waals surface area contributed by atoms with Crippen molar-refractivity contribution < 1.29 is 24.1 Å². The molecule has 1 spiro atoms. The van der Waals surface area contributed by atoms with Crippen molar-refractivity contribution in [2.75, 3.05) is 19.8 Å². The van der Waals surface area contributed by atoms with E-state index in [-0.39, 0.29) is 5.97 Å². The molecule has 1 aliphatic carbocycles. The van der Waals surface area contributed by atoms with E-state index in [9.17, 15) is 9.90 Å². The Balaban J connectivity index is 2.00. The van der Waals surface area contributed by atoms with E-state index in [2.05, 4.69) is 0 Å². The molecule has 0 aromatic heterocycles. The highest BCUT2D eigenvalue weighted by molar-refractivity contribution is 5.73. The van der Waals surface area contributed by atoms with Gasteiger partial charge in [0.25, 0.3) is 0 Å². The summed E-state index contributed by atoms with van der Waals surface area (Å²) in [7, 11) is 0. The van der Waals surface area contributed by atoms with Gasteiger partial charge in [0.1, 0.15) is 0 Å². The van der Waals surface area contributed by atoms with Gasteiger partial charge in [-0.1, -0.05) is 6.92 Å². The van der Waals surface area contributed by atoms with Crippen molar-refractivity contribution in [3.63, 3.8) is 0 Å². The van der Waals surface area contributed by atoms with Crippen LogP contribution in [0.2, 0.25) is 0 Å². The van der Waals surface area contributed by atoms with Crippen LogP contribution in [0.15, 0.2) is 0 Å². The van der Waals surface area contributed by atoms with Crippen LogP contribution in [0, 0.1) is 5.92 Å². The summed E-state index contributed by atoms with van der Waals surface area (Å²) in [6.07, 6.45) is 2.90. The number of carbonyl (C=O) groups is 1. The first-order valence-corrected chi connectivity index (χ1v) is 7.22. The van der Waals surface area contributed by atoms with Gasteiger partial charge in [0, 0.05) is 12.8 Å². The summed E-state index contributed by atoms with van der Waals surface area (Å²) in [6.45, 7) is 5.28. The Kier molecular flexibility index (Phi) is 4.48. The normalized spacial score (nSPS) is 26.3. The van der Waals surface area contributed by atoms with Crippen molar-refractivity contribution in [1.82, 2.24) is 0 Å². The third-order valence-electron chi connectivity index (χ3n) is 4.32. The van der Waals surface area contributed by atoms with Gasteiger partial charge in [0.2, 0.25) is 0 Å². The van der Waals surface area contributed by atoms with Crippen LogP contribution >= 0.6 is 0 Å². The van der Waals surface area contributed by atoms with Gasteiger partial charge in [-0.2, -0.15) is 0 Å². The summed E-state index contributed by atoms with van der Waals surface area (Å²) in [4.78, 5) is 11.9. The van der Waals surface area contributed by atoms with Crippen molar-refractivity contribution in [1.29, 1.82) is 0 Å². The molecular weight excluding hydrogens is 248 g/mol. The lowest BCUT2D eigenvalue weighted by atomic mass is 9.72. The Labute approximate surface area is 114 Å². The molecule has 1 aliphatic heterocycles. The van der Waals surface area contributed by atoms with Crippen LogP contribution < -0.4 is 0 Å². The first-order valence-electron chi connectivity index (χ1n) is 7.22. The molecule has 1 saturated carbocycles. The van der Waals surface area contributed by atoms with Crippen LogP contribution in [-0.2, 0) is 19.0 Å². The third-order valence-corrected chi connectivity index (χ3v) is 4.32. The van der Waals surface area contributed by atoms with E-state index in [1.54, 1.807) is 6.92 Å². The zero-order valence-electron chi connectivity index (χ0n) is 11.8. The summed E-state index contributed by atoms with van der Waals surface area (Å²) in [5.74, 6) is -1.26. The highest BCUT2D eigenvalue weighted by Crippen LogP contribution is 2.44. The second-order valence-electron chi connectivity index (χ2n) is 5.42. The van der Waals surface area contributed by atoms with Gasteiger partial charge in [-0.3, -0.25) is 4.79 Å². The largest absolute Gasteiger partial charge is 0.466 e. The second kappa shape index (κ2) is 5.77. The van der Waals surface area contributed by atoms with Gasteiger partial charge in [-0.15, -0.1) is 0 Å². The molecule has 110 valence electrons. The maximum atomic E-state index is 11.9. The standard InChI is InChI=1S/C14H24O5/c1-3-11(12(15)17-4-2)13(16)5-7-14(8-6-13)18-9-10-19-14/h11,16H,3-10H2,1-2H3. The highest BCUT2D eigenvalue weighted by Gasteiger charge is 2.50. The number of carbonyl (C=O) groups excluding carboxylic acids is 1. The van der Waals surface area contributed by atoms with Gasteiger partial charge < -0.3 is 19.3 Å². The molecule has 0 radical (unpaired) electrons. The van der Waals surface area contributed by atoms with Crippen LogP contribution in [0.3, 0.4) is 0 Å². The minimum atomic E-state index is -0.985. The molecule has 2 aliphatic rings. The maximum absolute atomic E-state index is 11.9. The lowest BCUT2D eigenvalue weighted by Gasteiger charge is -2.43. The molecule has 0 amide bonds. The fraction of sp³-hybridized carbons (Fsp3) is 0.929. The van der Waals surface area contributed by atoms with E-state index in [1.165, 1.54) is 0 Å². The molecule has 1 heterocycles. The SMILES string of the molecule is CCOC(=O)C(CC)C1(O)CCC2(CC1)OCCO2. The predicted molar refractivity (Wildman–Crippen MR) is 68.5 cm³/mol. The molecule has 1 atom stereocenters. The number of ether oxygens (including phenoxy) is 3. The van der Waals surface area contributed by atoms with E-state index in [1.807, 2.05) is 6.92 Å². The fourth-order valence-electron chi connectivity index (χ4n) is 3.21. The molecular formula is C14H24O5. The van der Waals surface area contributed by atoms with Crippen molar-refractivity contribution in [3.05, 3.63) is 0 Å². The molecule has 1 N–H and O–H groups in total. The summed E-state index contributed by atoms with van der Waals surface area (Å²) in [5, 5.41) is 10.8. The first-order chi connectivity index (χ1) is 9.05. The van der Waals surface area contributed by atoms with Crippen LogP contribution in [0.25, 0.3) is 0 Å². The van der Waals surface area contributed by atoms with Crippen LogP contribution in [0.5, 0.6) is 0 Å². The zero-order valence-corrected chi connectivity index (χ0v) is 11.8. The van der Waals surface area contributed by atoms with Gasteiger partial charge in [0.15, 0.2) is 5.79 Å². The second-order valence-corrected chi connectivity index (χ2v) is 5.42. The van der Waals surface area contributed by atoms with Crippen molar-refractivity contribution in [2.24, 2.45) is 5.92 Å². The quantitative estimate of drug-likeness (QED) is 0.788. The smallest absolute Gasteiger partial charge is 0.311 e. The Bertz CT molecular complexity index is 312. The van der Waals surface area contributed by atoms with Crippen LogP contribution in [-0.4, -0.2) is 42.3 Å². The average molecular weight is 272 g/mol. The van der Waals surface area contributed by atoms with Crippen molar-refractivity contribution >= 4 is 5.97 Å². The summed E-state index contributed by atoms with van der Waals surface area (Å²) in [6, 6.07) is 0. The van der Waals surface area contributed by atoms with E-state index >= 15 is 0 Å². The molecule has 1 saturated heterocycles. The minimum absolute atomic E-state index is 0.295. The number of esters is 1. The number of aliphatic hydroxyl groups is 1. The summed E-state index contributed by atoms with van der Waals surface area (Å²) in [5.41, 5.74) is -0.985. The highest BCUT2D eigenvalue weighted by atomic mass is 16.7. The van der Waals surface area contributed by atoms with Crippen LogP contribution in [0.4, 0.5) is 0 Å². The van der Waals surface area contributed by atoms with Gasteiger partial charge in [-0.05, 0) is 26.2 Å². The summed E-state index contributed by atoms with van der Waals surface area (Å²) < 4.78 is 16.4. The van der Waals surface area contributed by atoms with Gasteiger partial charge in [0.05, 0.1) is 31.3 Å². The molecule has 5 nitrogen and oxygen atoms in total. The molecule has 19 heavy (non-hydrogen) atoms. The monoisotopic (exact) mass is 272 g/mol.